The van der Waals surface area contributed by atoms with Crippen LogP contribution in [-0.2, 0) is 17.8 Å². The van der Waals surface area contributed by atoms with E-state index in [1.165, 1.54) is 10.9 Å². The summed E-state index contributed by atoms with van der Waals surface area (Å²) in [6, 6.07) is 0. The molecule has 1 aromatic heterocycles. The van der Waals surface area contributed by atoms with E-state index in [2.05, 4.69) is 5.10 Å². The highest BCUT2D eigenvalue weighted by molar-refractivity contribution is 5.88. The van der Waals surface area contributed by atoms with Gasteiger partial charge in [-0.25, -0.2) is 4.79 Å². The zero-order chi connectivity index (χ0) is 14.9. The van der Waals surface area contributed by atoms with E-state index in [-0.39, 0.29) is 24.4 Å². The molecule has 0 bridgehead atoms. The summed E-state index contributed by atoms with van der Waals surface area (Å²) in [5.41, 5.74) is 0.534. The Labute approximate surface area is 111 Å². The van der Waals surface area contributed by atoms with Crippen LogP contribution in [0.2, 0.25) is 0 Å². The molecule has 1 amide bonds. The largest absolute Gasteiger partial charge is 0.478 e. The van der Waals surface area contributed by atoms with E-state index in [1.807, 2.05) is 5.32 Å². The predicted octanol–water partition coefficient (Wildman–Crippen LogP) is 0.822. The molecule has 0 radical (unpaired) electrons. The lowest BCUT2D eigenvalue weighted by molar-refractivity contribution is -0.173. The molecule has 2 rings (SSSR count). The van der Waals surface area contributed by atoms with Crippen molar-refractivity contribution in [1.82, 2.24) is 15.1 Å². The second-order valence-corrected chi connectivity index (χ2v) is 4.60. The van der Waals surface area contributed by atoms with Crippen LogP contribution in [0.4, 0.5) is 13.2 Å². The molecule has 20 heavy (non-hydrogen) atoms. The van der Waals surface area contributed by atoms with Gasteiger partial charge in [-0.15, -0.1) is 0 Å². The van der Waals surface area contributed by atoms with Crippen LogP contribution in [0.3, 0.4) is 0 Å². The maximum Gasteiger partial charge on any atom is 0.471 e. The van der Waals surface area contributed by atoms with Crippen molar-refractivity contribution in [2.45, 2.75) is 25.6 Å². The number of carboxylic acids is 1. The molecule has 6 nitrogen and oxygen atoms in total. The average Bonchev–Trinajstić information content (AvgIpc) is 2.77. The van der Waals surface area contributed by atoms with E-state index in [0.717, 1.165) is 0 Å². The number of alkyl halides is 3. The van der Waals surface area contributed by atoms with Crippen molar-refractivity contribution in [2.75, 3.05) is 6.54 Å². The number of carboxylic acid groups (broad SMARTS) is 1. The molecule has 1 atom stereocenters. The van der Waals surface area contributed by atoms with Crippen LogP contribution in [0.25, 0.3) is 0 Å². The number of hydrogen-bond acceptors (Lipinski definition) is 3. The van der Waals surface area contributed by atoms with Gasteiger partial charge in [0.25, 0.3) is 0 Å². The van der Waals surface area contributed by atoms with E-state index in [1.54, 1.807) is 0 Å². The summed E-state index contributed by atoms with van der Waals surface area (Å²) in [5.74, 6) is -3.33. The number of aromatic nitrogens is 2. The lowest BCUT2D eigenvalue weighted by atomic mass is 9.94. The van der Waals surface area contributed by atoms with Crippen molar-refractivity contribution in [3.05, 3.63) is 17.5 Å². The Balaban J connectivity index is 1.99. The molecule has 1 unspecified atom stereocenters. The zero-order valence-corrected chi connectivity index (χ0v) is 10.3. The fraction of sp³-hybridized carbons (Fsp3) is 0.545. The standard InChI is InChI=1S/C11H12F3N3O3/c12-11(13,14)10(20)15-4-6-1-2-17-8(3-6)7(5-16-17)9(18)19/h5-6H,1-4H2,(H,15,20)(H,18,19). The quantitative estimate of drug-likeness (QED) is 0.863. The van der Waals surface area contributed by atoms with Crippen molar-refractivity contribution in [2.24, 2.45) is 5.92 Å². The van der Waals surface area contributed by atoms with Gasteiger partial charge in [0.2, 0.25) is 0 Å². The third-order valence-electron chi connectivity index (χ3n) is 3.22. The second-order valence-electron chi connectivity index (χ2n) is 4.60. The van der Waals surface area contributed by atoms with Crippen molar-refractivity contribution in [1.29, 1.82) is 0 Å². The first-order valence-electron chi connectivity index (χ1n) is 5.92. The molecule has 1 aromatic rings. The zero-order valence-electron chi connectivity index (χ0n) is 10.3. The molecular weight excluding hydrogens is 279 g/mol. The summed E-state index contributed by atoms with van der Waals surface area (Å²) in [6.45, 7) is 0.289. The third-order valence-corrected chi connectivity index (χ3v) is 3.22. The molecule has 2 N–H and O–H groups in total. The average molecular weight is 291 g/mol. The van der Waals surface area contributed by atoms with Crippen LogP contribution in [0.15, 0.2) is 6.20 Å². The van der Waals surface area contributed by atoms with Gasteiger partial charge in [-0.05, 0) is 18.8 Å². The molecule has 0 aliphatic carbocycles. The molecule has 1 aliphatic rings. The molecular formula is C11H12F3N3O3. The van der Waals surface area contributed by atoms with Crippen LogP contribution in [0.1, 0.15) is 22.5 Å². The van der Waals surface area contributed by atoms with Gasteiger partial charge in [-0.2, -0.15) is 18.3 Å². The van der Waals surface area contributed by atoms with Crippen LogP contribution < -0.4 is 5.32 Å². The van der Waals surface area contributed by atoms with Crippen LogP contribution in [0.5, 0.6) is 0 Å². The fourth-order valence-electron chi connectivity index (χ4n) is 2.19. The Bertz CT molecular complexity index is 539. The highest BCUT2D eigenvalue weighted by Crippen LogP contribution is 2.23. The summed E-state index contributed by atoms with van der Waals surface area (Å²) < 4.78 is 37.7. The Kier molecular flexibility index (Phi) is 3.69. The number of aromatic carboxylic acids is 1. The van der Waals surface area contributed by atoms with Gasteiger partial charge in [-0.3, -0.25) is 9.48 Å². The Morgan fingerprint density at radius 1 is 1.50 bits per heavy atom. The molecule has 0 aromatic carbocycles. The number of fused-ring (bicyclic) bond motifs is 1. The highest BCUT2D eigenvalue weighted by atomic mass is 19.4. The van der Waals surface area contributed by atoms with Gasteiger partial charge in [0.05, 0.1) is 11.9 Å². The predicted molar refractivity (Wildman–Crippen MR) is 60.1 cm³/mol. The van der Waals surface area contributed by atoms with Gasteiger partial charge >= 0.3 is 18.1 Å². The molecule has 0 saturated carbocycles. The number of nitrogens with one attached hydrogen (secondary N) is 1. The monoisotopic (exact) mass is 291 g/mol. The van der Waals surface area contributed by atoms with E-state index in [9.17, 15) is 22.8 Å². The van der Waals surface area contributed by atoms with Crippen molar-refractivity contribution in [3.8, 4) is 0 Å². The summed E-state index contributed by atoms with van der Waals surface area (Å²) in [5, 5.41) is 14.7. The lowest BCUT2D eigenvalue weighted by Crippen LogP contribution is -2.40. The molecule has 0 spiro atoms. The van der Waals surface area contributed by atoms with Gasteiger partial charge in [0, 0.05) is 13.1 Å². The molecule has 0 saturated heterocycles. The maximum atomic E-state index is 12.1. The second kappa shape index (κ2) is 5.14. The molecule has 9 heteroatoms. The van der Waals surface area contributed by atoms with Gasteiger partial charge in [0.15, 0.2) is 0 Å². The number of aryl methyl sites for hydroxylation is 1. The first kappa shape index (κ1) is 14.4. The van der Waals surface area contributed by atoms with E-state index >= 15 is 0 Å². The van der Waals surface area contributed by atoms with Crippen LogP contribution in [0, 0.1) is 5.92 Å². The molecule has 110 valence electrons. The van der Waals surface area contributed by atoms with Crippen LogP contribution in [-0.4, -0.2) is 39.5 Å². The highest BCUT2D eigenvalue weighted by Gasteiger charge is 2.38. The van der Waals surface area contributed by atoms with Crippen molar-refractivity contribution >= 4 is 11.9 Å². The molecule has 1 aliphatic heterocycles. The molecule has 0 fully saturated rings. The van der Waals surface area contributed by atoms with E-state index in [0.29, 0.717) is 18.7 Å². The maximum absolute atomic E-state index is 12.1. The van der Waals surface area contributed by atoms with Gasteiger partial charge in [0.1, 0.15) is 5.56 Å². The number of nitrogens with zero attached hydrogens (tertiary/aromatic N) is 2. The Morgan fingerprint density at radius 2 is 2.20 bits per heavy atom. The van der Waals surface area contributed by atoms with Crippen molar-refractivity contribution < 1.29 is 27.9 Å². The van der Waals surface area contributed by atoms with Crippen molar-refractivity contribution in [3.63, 3.8) is 0 Å². The van der Waals surface area contributed by atoms with Gasteiger partial charge in [-0.1, -0.05) is 0 Å². The molecule has 2 heterocycles. The third kappa shape index (κ3) is 2.91. The first-order valence-corrected chi connectivity index (χ1v) is 5.92. The van der Waals surface area contributed by atoms with E-state index < -0.39 is 18.1 Å². The van der Waals surface area contributed by atoms with E-state index in [4.69, 9.17) is 5.11 Å². The smallest absolute Gasteiger partial charge is 0.471 e. The normalized spacial score (nSPS) is 18.4. The summed E-state index contributed by atoms with van der Waals surface area (Å²) in [4.78, 5) is 21.7. The minimum absolute atomic E-state index is 0.0526. The summed E-state index contributed by atoms with van der Waals surface area (Å²) in [7, 11) is 0. The number of rotatable bonds is 3. The minimum atomic E-state index is -4.90. The number of amides is 1. The minimum Gasteiger partial charge on any atom is -0.478 e. The Morgan fingerprint density at radius 3 is 2.80 bits per heavy atom. The lowest BCUT2D eigenvalue weighted by Gasteiger charge is -2.24. The number of halogens is 3. The number of carbonyl (C=O) groups is 2. The summed E-state index contributed by atoms with van der Waals surface area (Å²) in [6.07, 6.45) is -2.86. The fourth-order valence-corrected chi connectivity index (χ4v) is 2.19. The van der Waals surface area contributed by atoms with Gasteiger partial charge < -0.3 is 10.4 Å². The Hall–Kier alpha value is -2.06. The van der Waals surface area contributed by atoms with Crippen LogP contribution >= 0.6 is 0 Å². The summed E-state index contributed by atoms with van der Waals surface area (Å²) >= 11 is 0. The first-order chi connectivity index (χ1) is 9.29. The topological polar surface area (TPSA) is 84.2 Å². The number of carbonyl (C=O) groups excluding carboxylic acids is 1. The SMILES string of the molecule is O=C(O)c1cnn2c1CC(CNC(=O)C(F)(F)F)CC2. The number of hydrogen-bond donors (Lipinski definition) is 2.